The standard InChI is InChI=1S/C14H23N3O2S/c1-3-5-15-13-8-19-7-12(13)14(18)16-6-4-11-9-20-10(2)17-11/h9,12-13,15H,3-8H2,1-2H3,(H,16,18). The fraction of sp³-hybridized carbons (Fsp3) is 0.714. The van der Waals surface area contributed by atoms with Crippen molar-refractivity contribution in [2.45, 2.75) is 32.7 Å². The van der Waals surface area contributed by atoms with Crippen molar-refractivity contribution < 1.29 is 9.53 Å². The maximum Gasteiger partial charge on any atom is 0.227 e. The fourth-order valence-electron chi connectivity index (χ4n) is 2.31. The average Bonchev–Trinajstić information content (AvgIpc) is 3.05. The molecule has 2 atom stereocenters. The Kier molecular flexibility index (Phi) is 5.94. The van der Waals surface area contributed by atoms with Gasteiger partial charge in [0.15, 0.2) is 0 Å². The van der Waals surface area contributed by atoms with Crippen molar-refractivity contribution in [1.82, 2.24) is 15.6 Å². The molecule has 0 aliphatic carbocycles. The van der Waals surface area contributed by atoms with Crippen LogP contribution < -0.4 is 10.6 Å². The summed E-state index contributed by atoms with van der Waals surface area (Å²) in [4.78, 5) is 16.6. The zero-order valence-corrected chi connectivity index (χ0v) is 13.0. The van der Waals surface area contributed by atoms with E-state index in [1.54, 1.807) is 11.3 Å². The van der Waals surface area contributed by atoms with Gasteiger partial charge in [0.2, 0.25) is 5.91 Å². The number of hydrogen-bond donors (Lipinski definition) is 2. The molecule has 5 nitrogen and oxygen atoms in total. The van der Waals surface area contributed by atoms with Gasteiger partial charge in [-0.1, -0.05) is 6.92 Å². The van der Waals surface area contributed by atoms with Crippen LogP contribution in [0.15, 0.2) is 5.38 Å². The normalized spacial score (nSPS) is 22.1. The summed E-state index contributed by atoms with van der Waals surface area (Å²) in [6.07, 6.45) is 1.85. The molecule has 1 amide bonds. The zero-order valence-electron chi connectivity index (χ0n) is 12.1. The SMILES string of the molecule is CCCNC1COCC1C(=O)NCCc1csc(C)n1. The summed E-state index contributed by atoms with van der Waals surface area (Å²) in [5.74, 6) is 0.0155. The lowest BCUT2D eigenvalue weighted by Gasteiger charge is -2.18. The Bertz CT molecular complexity index is 436. The molecule has 2 heterocycles. The molecule has 0 bridgehead atoms. The first-order valence-corrected chi connectivity index (χ1v) is 8.08. The Morgan fingerprint density at radius 1 is 1.50 bits per heavy atom. The number of rotatable bonds is 7. The highest BCUT2D eigenvalue weighted by molar-refractivity contribution is 7.09. The lowest BCUT2D eigenvalue weighted by Crippen LogP contribution is -2.44. The average molecular weight is 297 g/mol. The van der Waals surface area contributed by atoms with Crippen LogP contribution in [0.3, 0.4) is 0 Å². The van der Waals surface area contributed by atoms with E-state index in [0.717, 1.165) is 30.1 Å². The lowest BCUT2D eigenvalue weighted by molar-refractivity contribution is -0.125. The number of nitrogens with zero attached hydrogens (tertiary/aromatic N) is 1. The molecule has 0 aromatic carbocycles. The van der Waals surface area contributed by atoms with E-state index < -0.39 is 0 Å². The number of nitrogens with one attached hydrogen (secondary N) is 2. The van der Waals surface area contributed by atoms with Crippen molar-refractivity contribution in [2.75, 3.05) is 26.3 Å². The number of carbonyl (C=O) groups is 1. The zero-order chi connectivity index (χ0) is 14.4. The predicted octanol–water partition coefficient (Wildman–Crippen LogP) is 1.12. The van der Waals surface area contributed by atoms with Crippen molar-refractivity contribution in [2.24, 2.45) is 5.92 Å². The van der Waals surface area contributed by atoms with Crippen molar-refractivity contribution in [1.29, 1.82) is 0 Å². The van der Waals surface area contributed by atoms with Crippen LogP contribution in [0.4, 0.5) is 0 Å². The monoisotopic (exact) mass is 297 g/mol. The van der Waals surface area contributed by atoms with Crippen LogP contribution in [0.2, 0.25) is 0 Å². The van der Waals surface area contributed by atoms with Crippen molar-refractivity contribution in [3.05, 3.63) is 16.1 Å². The van der Waals surface area contributed by atoms with Gasteiger partial charge in [0.1, 0.15) is 0 Å². The topological polar surface area (TPSA) is 63.2 Å². The Balaban J connectivity index is 1.73. The largest absolute Gasteiger partial charge is 0.379 e. The molecule has 0 radical (unpaired) electrons. The molecule has 2 rings (SSSR count). The Morgan fingerprint density at radius 2 is 2.35 bits per heavy atom. The van der Waals surface area contributed by atoms with E-state index in [9.17, 15) is 4.79 Å². The summed E-state index contributed by atoms with van der Waals surface area (Å²) in [7, 11) is 0. The van der Waals surface area contributed by atoms with Crippen LogP contribution in [0.25, 0.3) is 0 Å². The molecule has 1 aromatic heterocycles. The molecule has 0 saturated carbocycles. The molecule has 1 fully saturated rings. The van der Waals surface area contributed by atoms with Gasteiger partial charge in [-0.25, -0.2) is 4.98 Å². The van der Waals surface area contributed by atoms with Gasteiger partial charge in [0, 0.05) is 24.4 Å². The highest BCUT2D eigenvalue weighted by Crippen LogP contribution is 2.14. The van der Waals surface area contributed by atoms with Gasteiger partial charge < -0.3 is 15.4 Å². The van der Waals surface area contributed by atoms with Crippen LogP contribution in [0.1, 0.15) is 24.0 Å². The molecule has 1 aliphatic rings. The third-order valence-electron chi connectivity index (χ3n) is 3.42. The molecule has 1 aromatic rings. The van der Waals surface area contributed by atoms with Gasteiger partial charge in [-0.15, -0.1) is 11.3 Å². The molecule has 2 N–H and O–H groups in total. The number of thiazole rings is 1. The molecule has 6 heteroatoms. The smallest absolute Gasteiger partial charge is 0.227 e. The molecule has 0 spiro atoms. The van der Waals surface area contributed by atoms with Crippen LogP contribution >= 0.6 is 11.3 Å². The van der Waals surface area contributed by atoms with Crippen molar-refractivity contribution >= 4 is 17.2 Å². The number of ether oxygens (including phenoxy) is 1. The molecule has 112 valence electrons. The van der Waals surface area contributed by atoms with Gasteiger partial charge in [0.05, 0.1) is 29.8 Å². The van der Waals surface area contributed by atoms with E-state index in [2.05, 4.69) is 22.5 Å². The van der Waals surface area contributed by atoms with E-state index in [-0.39, 0.29) is 17.9 Å². The Labute approximate surface area is 124 Å². The molecular weight excluding hydrogens is 274 g/mol. The van der Waals surface area contributed by atoms with E-state index in [1.165, 1.54) is 0 Å². The van der Waals surface area contributed by atoms with Gasteiger partial charge in [-0.3, -0.25) is 4.79 Å². The van der Waals surface area contributed by atoms with Gasteiger partial charge in [0.25, 0.3) is 0 Å². The summed E-state index contributed by atoms with van der Waals surface area (Å²) in [6, 6.07) is 0.150. The van der Waals surface area contributed by atoms with E-state index in [1.807, 2.05) is 12.3 Å². The molecule has 20 heavy (non-hydrogen) atoms. The second kappa shape index (κ2) is 7.71. The molecule has 1 aliphatic heterocycles. The van der Waals surface area contributed by atoms with Gasteiger partial charge >= 0.3 is 0 Å². The first kappa shape index (κ1) is 15.4. The third kappa shape index (κ3) is 4.26. The first-order chi connectivity index (χ1) is 9.70. The number of hydrogen-bond acceptors (Lipinski definition) is 5. The highest BCUT2D eigenvalue weighted by atomic mass is 32.1. The summed E-state index contributed by atoms with van der Waals surface area (Å²) in [5.41, 5.74) is 1.05. The minimum atomic E-state index is -0.0706. The Hall–Kier alpha value is -0.980. The maximum absolute atomic E-state index is 12.2. The quantitative estimate of drug-likeness (QED) is 0.792. The second-order valence-electron chi connectivity index (χ2n) is 5.10. The first-order valence-electron chi connectivity index (χ1n) is 7.20. The summed E-state index contributed by atoms with van der Waals surface area (Å²) < 4.78 is 5.42. The van der Waals surface area contributed by atoms with Crippen LogP contribution in [-0.2, 0) is 16.0 Å². The maximum atomic E-state index is 12.2. The highest BCUT2D eigenvalue weighted by Gasteiger charge is 2.33. The fourth-order valence-corrected chi connectivity index (χ4v) is 2.96. The third-order valence-corrected chi connectivity index (χ3v) is 4.24. The summed E-state index contributed by atoms with van der Waals surface area (Å²) in [5, 5.41) is 9.49. The van der Waals surface area contributed by atoms with Crippen molar-refractivity contribution in [3.63, 3.8) is 0 Å². The minimum absolute atomic E-state index is 0.0706. The molecule has 2 unspecified atom stereocenters. The number of aryl methyl sites for hydroxylation is 1. The lowest BCUT2D eigenvalue weighted by atomic mass is 10.0. The van der Waals surface area contributed by atoms with Crippen molar-refractivity contribution in [3.8, 4) is 0 Å². The number of carbonyl (C=O) groups excluding carboxylic acids is 1. The second-order valence-corrected chi connectivity index (χ2v) is 6.17. The van der Waals surface area contributed by atoms with Crippen LogP contribution in [-0.4, -0.2) is 43.2 Å². The van der Waals surface area contributed by atoms with Gasteiger partial charge in [-0.2, -0.15) is 0 Å². The van der Waals surface area contributed by atoms with Crippen LogP contribution in [0.5, 0.6) is 0 Å². The minimum Gasteiger partial charge on any atom is -0.379 e. The predicted molar refractivity (Wildman–Crippen MR) is 80.0 cm³/mol. The number of amides is 1. The molecule has 1 saturated heterocycles. The van der Waals surface area contributed by atoms with E-state index in [4.69, 9.17) is 4.74 Å². The van der Waals surface area contributed by atoms with E-state index in [0.29, 0.717) is 19.8 Å². The number of aromatic nitrogens is 1. The van der Waals surface area contributed by atoms with Crippen LogP contribution in [0, 0.1) is 12.8 Å². The summed E-state index contributed by atoms with van der Waals surface area (Å²) in [6.45, 7) is 6.82. The van der Waals surface area contributed by atoms with Gasteiger partial charge in [-0.05, 0) is 19.9 Å². The molecular formula is C14H23N3O2S. The summed E-state index contributed by atoms with van der Waals surface area (Å²) >= 11 is 1.64. The Morgan fingerprint density at radius 3 is 3.05 bits per heavy atom. The van der Waals surface area contributed by atoms with E-state index >= 15 is 0 Å².